The van der Waals surface area contributed by atoms with Gasteiger partial charge in [-0.3, -0.25) is 10.4 Å². The summed E-state index contributed by atoms with van der Waals surface area (Å²) in [7, 11) is 1.82. The summed E-state index contributed by atoms with van der Waals surface area (Å²) >= 11 is 1.21. The fourth-order valence-electron chi connectivity index (χ4n) is 4.09. The molecule has 1 aliphatic heterocycles. The molecule has 1 aliphatic rings. The highest BCUT2D eigenvalue weighted by Crippen LogP contribution is 2.39. The molecule has 10 nitrogen and oxygen atoms in total. The van der Waals surface area contributed by atoms with Gasteiger partial charge in [-0.1, -0.05) is 23.9 Å². The normalized spacial score (nSPS) is 12.6. The number of benzene rings is 3. The number of aromatic carboxylic acids is 1. The van der Waals surface area contributed by atoms with E-state index in [2.05, 4.69) is 9.98 Å². The average molecular weight is 592 g/mol. The van der Waals surface area contributed by atoms with Gasteiger partial charge in [-0.25, -0.2) is 14.2 Å². The van der Waals surface area contributed by atoms with E-state index in [1.54, 1.807) is 30.3 Å². The molecule has 5 rings (SSSR count). The number of aromatic nitrogens is 1. The number of likely N-dealkylation sites (N-methyl/N-ethyl adjacent to an activating group) is 1. The van der Waals surface area contributed by atoms with Crippen molar-refractivity contribution in [2.24, 2.45) is 10.7 Å². The van der Waals surface area contributed by atoms with E-state index in [0.29, 0.717) is 40.5 Å². The lowest BCUT2D eigenvalue weighted by Gasteiger charge is -2.19. The molecule has 0 amide bonds. The van der Waals surface area contributed by atoms with Gasteiger partial charge < -0.3 is 30.3 Å². The number of aliphatic imine (C=N–C) groups is 1. The van der Waals surface area contributed by atoms with Crippen molar-refractivity contribution in [2.45, 2.75) is 9.79 Å². The van der Waals surface area contributed by atoms with Crippen molar-refractivity contribution in [1.29, 1.82) is 5.41 Å². The number of carboxylic acids is 1. The third kappa shape index (κ3) is 5.81. The summed E-state index contributed by atoms with van der Waals surface area (Å²) in [5, 5.41) is 27.3. The van der Waals surface area contributed by atoms with Crippen LogP contribution in [0.15, 0.2) is 81.6 Å². The minimum Gasteiger partial charge on any atom is -0.504 e. The van der Waals surface area contributed by atoms with Crippen LogP contribution in [0.2, 0.25) is 0 Å². The first kappa shape index (κ1) is 28.4. The number of phenols is 1. The number of halogens is 2. The van der Waals surface area contributed by atoms with Gasteiger partial charge in [-0.15, -0.1) is 0 Å². The average Bonchev–Trinajstić information content (AvgIpc) is 3.39. The highest BCUT2D eigenvalue weighted by atomic mass is 32.2. The number of hydrogen-bond donors (Lipinski definition) is 4. The van der Waals surface area contributed by atoms with Gasteiger partial charge in [0.2, 0.25) is 11.6 Å². The van der Waals surface area contributed by atoms with Gasteiger partial charge in [0, 0.05) is 28.9 Å². The zero-order chi connectivity index (χ0) is 30.0. The van der Waals surface area contributed by atoms with Crippen LogP contribution >= 0.6 is 11.8 Å². The number of nitrogens with one attached hydrogen (secondary N) is 1. The number of nitrogens with two attached hydrogens (primary N) is 1. The molecule has 0 atom stereocenters. The molecule has 42 heavy (non-hydrogen) atoms. The Morgan fingerprint density at radius 2 is 1.88 bits per heavy atom. The Bertz CT molecular complexity index is 1750. The van der Waals surface area contributed by atoms with E-state index in [-0.39, 0.29) is 34.2 Å². The summed E-state index contributed by atoms with van der Waals surface area (Å²) in [4.78, 5) is 22.9. The Morgan fingerprint density at radius 3 is 2.60 bits per heavy atom. The first-order chi connectivity index (χ1) is 20.1. The molecule has 3 aromatic carbocycles. The number of carboxylic acid groups (broad SMARTS) is 1. The van der Waals surface area contributed by atoms with Crippen molar-refractivity contribution in [1.82, 2.24) is 9.88 Å². The molecule has 0 radical (unpaired) electrons. The number of ether oxygens (including phenoxy) is 2. The quantitative estimate of drug-likeness (QED) is 0.146. The summed E-state index contributed by atoms with van der Waals surface area (Å²) in [6.07, 6.45) is 0.714. The Hall–Kier alpha value is -5.17. The number of carbonyl (C=O) groups is 1. The monoisotopic (exact) mass is 591 g/mol. The number of rotatable bonds is 9. The van der Waals surface area contributed by atoms with Gasteiger partial charge in [0.1, 0.15) is 17.4 Å². The summed E-state index contributed by atoms with van der Waals surface area (Å²) < 4.78 is 41.6. The molecular weight excluding hydrogens is 568 g/mol. The SMILES string of the molecule is CN1CCN=C1c1cc(Sc2ccccc2C(=O)O)ccc1Oc1c(F)cnc(Oc2cc(C(=N)N)ccc2O)c1F. The largest absolute Gasteiger partial charge is 0.504 e. The Balaban J connectivity index is 1.51. The molecule has 13 heteroatoms. The Morgan fingerprint density at radius 1 is 1.10 bits per heavy atom. The number of aromatic hydroxyl groups is 1. The highest BCUT2D eigenvalue weighted by Gasteiger charge is 2.25. The molecule has 214 valence electrons. The first-order valence-electron chi connectivity index (χ1n) is 12.4. The highest BCUT2D eigenvalue weighted by molar-refractivity contribution is 7.99. The molecule has 0 unspecified atom stereocenters. The van der Waals surface area contributed by atoms with Gasteiger partial charge in [0.25, 0.3) is 5.88 Å². The third-order valence-corrected chi connectivity index (χ3v) is 7.25. The van der Waals surface area contributed by atoms with Crippen molar-refractivity contribution < 1.29 is 33.3 Å². The summed E-state index contributed by atoms with van der Waals surface area (Å²) in [6, 6.07) is 15.2. The molecule has 0 fully saturated rings. The van der Waals surface area contributed by atoms with Crippen LogP contribution in [0.25, 0.3) is 0 Å². The molecule has 0 saturated heterocycles. The summed E-state index contributed by atoms with van der Waals surface area (Å²) in [5.74, 6) is -5.28. The molecule has 1 aromatic heterocycles. The van der Waals surface area contributed by atoms with E-state index >= 15 is 4.39 Å². The molecule has 2 heterocycles. The van der Waals surface area contributed by atoms with E-state index in [1.165, 1.54) is 42.1 Å². The second kappa shape index (κ2) is 11.7. The third-order valence-electron chi connectivity index (χ3n) is 6.18. The Labute approximate surface area is 242 Å². The maximum Gasteiger partial charge on any atom is 0.336 e. The summed E-state index contributed by atoms with van der Waals surface area (Å²) in [6.45, 7) is 1.12. The molecule has 0 spiro atoms. The second-order valence-electron chi connectivity index (χ2n) is 9.04. The number of pyridine rings is 1. The second-order valence-corrected chi connectivity index (χ2v) is 10.2. The van der Waals surface area contributed by atoms with Gasteiger partial charge >= 0.3 is 5.97 Å². The number of phenolic OH excluding ortho intramolecular Hbond substituents is 1. The van der Waals surface area contributed by atoms with E-state index < -0.39 is 29.2 Å². The minimum absolute atomic E-state index is 0.0785. The van der Waals surface area contributed by atoms with Crippen molar-refractivity contribution in [3.05, 3.63) is 95.2 Å². The lowest BCUT2D eigenvalue weighted by molar-refractivity contribution is 0.0693. The van der Waals surface area contributed by atoms with Gasteiger partial charge in [0.05, 0.1) is 23.9 Å². The molecule has 0 saturated carbocycles. The van der Waals surface area contributed by atoms with Crippen LogP contribution in [-0.4, -0.2) is 57.9 Å². The zero-order valence-electron chi connectivity index (χ0n) is 22.0. The molecule has 0 bridgehead atoms. The maximum atomic E-state index is 15.6. The number of amidine groups is 2. The minimum atomic E-state index is -1.27. The number of nitrogens with zero attached hydrogens (tertiary/aromatic N) is 3. The van der Waals surface area contributed by atoms with Crippen molar-refractivity contribution in [3.8, 4) is 28.9 Å². The molecule has 5 N–H and O–H groups in total. The molecule has 4 aromatic rings. The topological polar surface area (TPSA) is 154 Å². The Kier molecular flexibility index (Phi) is 7.93. The van der Waals surface area contributed by atoms with Crippen LogP contribution in [0.1, 0.15) is 21.5 Å². The van der Waals surface area contributed by atoms with E-state index in [1.807, 2.05) is 11.9 Å². The van der Waals surface area contributed by atoms with E-state index in [0.717, 1.165) is 0 Å². The standard InChI is InChI=1S/C29H23F2N5O5S/c1-36-11-10-34-27(36)18-13-16(42-23-5-3-2-4-17(23)29(38)39)7-9-21(18)40-25-19(30)14-35-28(24(25)31)41-22-12-15(26(32)33)6-8-20(22)37/h2-9,12-14,37H,10-11H2,1H3,(H3,32,33)(H,38,39). The van der Waals surface area contributed by atoms with Crippen LogP contribution in [0.5, 0.6) is 28.9 Å². The van der Waals surface area contributed by atoms with E-state index in [9.17, 15) is 19.4 Å². The predicted molar refractivity (Wildman–Crippen MR) is 151 cm³/mol. The lowest BCUT2D eigenvalue weighted by atomic mass is 10.1. The molecule has 0 aliphatic carbocycles. The predicted octanol–water partition coefficient (Wildman–Crippen LogP) is 5.48. The van der Waals surface area contributed by atoms with Crippen LogP contribution in [0.3, 0.4) is 0 Å². The van der Waals surface area contributed by atoms with Crippen molar-refractivity contribution in [3.63, 3.8) is 0 Å². The van der Waals surface area contributed by atoms with Gasteiger partial charge in [-0.2, -0.15) is 4.39 Å². The summed E-state index contributed by atoms with van der Waals surface area (Å²) in [5.41, 5.74) is 6.25. The lowest BCUT2D eigenvalue weighted by Crippen LogP contribution is -2.24. The van der Waals surface area contributed by atoms with Gasteiger partial charge in [-0.05, 0) is 48.5 Å². The fourth-order valence-corrected chi connectivity index (χ4v) is 5.07. The maximum absolute atomic E-state index is 15.6. The smallest absolute Gasteiger partial charge is 0.336 e. The first-order valence-corrected chi connectivity index (χ1v) is 13.2. The van der Waals surface area contributed by atoms with E-state index in [4.69, 9.17) is 20.6 Å². The van der Waals surface area contributed by atoms with Gasteiger partial charge in [0.15, 0.2) is 17.3 Å². The van der Waals surface area contributed by atoms with Crippen molar-refractivity contribution >= 4 is 29.4 Å². The van der Waals surface area contributed by atoms with Crippen LogP contribution in [-0.2, 0) is 0 Å². The van der Waals surface area contributed by atoms with Crippen LogP contribution < -0.4 is 15.2 Å². The van der Waals surface area contributed by atoms with Crippen LogP contribution in [0.4, 0.5) is 8.78 Å². The zero-order valence-corrected chi connectivity index (χ0v) is 22.8. The molecular formula is C29H23F2N5O5S. The number of hydrogen-bond acceptors (Lipinski definition) is 9. The fraction of sp³-hybridized carbons (Fsp3) is 0.103. The van der Waals surface area contributed by atoms with Crippen molar-refractivity contribution in [2.75, 3.05) is 20.1 Å². The number of nitrogen functional groups attached to an aromatic ring is 1. The van der Waals surface area contributed by atoms with Crippen LogP contribution in [0, 0.1) is 17.0 Å².